The average molecular weight is 663 g/mol. The average Bonchev–Trinajstić information content (AvgIpc) is 2.92. The number of likely N-dealkylation sites (tertiary alicyclic amines) is 1. The fraction of sp³-hybridized carbons (Fsp3) is 0.419. The van der Waals surface area contributed by atoms with Gasteiger partial charge in [0.05, 0.1) is 16.9 Å². The van der Waals surface area contributed by atoms with E-state index in [9.17, 15) is 29.6 Å². The van der Waals surface area contributed by atoms with E-state index in [-0.39, 0.29) is 44.4 Å². The Morgan fingerprint density at radius 1 is 1.09 bits per heavy atom. The number of ketones is 1. The molecule has 2 aromatic rings. The van der Waals surface area contributed by atoms with Gasteiger partial charge in [-0.15, -0.1) is 0 Å². The Hall–Kier alpha value is -3.32. The van der Waals surface area contributed by atoms with E-state index in [4.69, 9.17) is 33.3 Å². The van der Waals surface area contributed by atoms with Crippen LogP contribution >= 0.6 is 35.6 Å². The van der Waals surface area contributed by atoms with Gasteiger partial charge in [0, 0.05) is 27.9 Å². The van der Waals surface area contributed by atoms with E-state index in [1.165, 1.54) is 55.1 Å². The number of non-ortho nitro benzene ring substituents is 1. The van der Waals surface area contributed by atoms with Gasteiger partial charge in [-0.05, 0) is 61.1 Å². The predicted molar refractivity (Wildman–Crippen MR) is 172 cm³/mol. The van der Waals surface area contributed by atoms with Gasteiger partial charge in [-0.25, -0.2) is 0 Å². The molecule has 1 saturated heterocycles. The number of ether oxygens (including phenoxy) is 2. The topological polar surface area (TPSA) is 136 Å². The van der Waals surface area contributed by atoms with E-state index < -0.39 is 39.6 Å². The number of thioether (sulfide) groups is 1. The Labute approximate surface area is 270 Å². The lowest BCUT2D eigenvalue weighted by molar-refractivity contribution is -0.384. The number of allylic oxidation sites excluding steroid dienone is 1. The molecule has 44 heavy (non-hydrogen) atoms. The van der Waals surface area contributed by atoms with Crippen LogP contribution < -0.4 is 4.74 Å². The highest BCUT2D eigenvalue weighted by atomic mass is 35.5. The molecule has 1 amide bonds. The monoisotopic (exact) mass is 662 g/mol. The van der Waals surface area contributed by atoms with Crippen LogP contribution in [-0.2, 0) is 20.9 Å². The number of amides is 1. The van der Waals surface area contributed by atoms with Crippen LogP contribution in [0.3, 0.4) is 0 Å². The smallest absolute Gasteiger partial charge is 0.269 e. The van der Waals surface area contributed by atoms with Crippen molar-refractivity contribution >= 4 is 63.1 Å². The maximum absolute atomic E-state index is 13.8. The predicted octanol–water partition coefficient (Wildman–Crippen LogP) is 6.42. The van der Waals surface area contributed by atoms with Gasteiger partial charge < -0.3 is 14.6 Å². The van der Waals surface area contributed by atoms with Gasteiger partial charge in [-0.2, -0.15) is 0 Å². The zero-order chi connectivity index (χ0) is 33.1. The first-order chi connectivity index (χ1) is 20.3. The Morgan fingerprint density at radius 3 is 2.11 bits per heavy atom. The standard InChI is InChI=1S/C31H35ClN2O8S2/c1-17(35)22-26(32)33(27(22)37)23(29(43)41-16-18-8-12-20(13-9-18)34(39)40)24(25(36)30(2,3)4)42-21-14-10-19(11-15-21)28(38)44-31(5,6)7/h8-15,17,22,26,35H,16H2,1-7H3/t17-,22-,26-/m1/s1. The molecule has 1 heterocycles. The minimum atomic E-state index is -1.07. The molecule has 2 aromatic carbocycles. The number of β-lactam (4-membered cyclic amide) rings is 1. The lowest BCUT2D eigenvalue weighted by atomic mass is 9.87. The van der Waals surface area contributed by atoms with E-state index in [2.05, 4.69) is 0 Å². The molecule has 3 atom stereocenters. The second-order valence-corrected chi connectivity index (χ2v) is 14.8. The van der Waals surface area contributed by atoms with E-state index >= 15 is 0 Å². The maximum atomic E-state index is 13.8. The quantitative estimate of drug-likeness (QED) is 0.0443. The number of halogens is 1. The summed E-state index contributed by atoms with van der Waals surface area (Å²) in [5.74, 6) is -2.18. The minimum absolute atomic E-state index is 0.103. The Morgan fingerprint density at radius 2 is 1.66 bits per heavy atom. The first-order valence-corrected chi connectivity index (χ1v) is 15.3. The number of hydrogen-bond donors (Lipinski definition) is 1. The number of rotatable bonds is 10. The SMILES string of the molecule is C[C@@H](O)[C@H]1C(=O)N(C(C(=S)OCc2ccc([N+](=O)[O-])cc2)=C(Oc2ccc(C(=O)SC(C)(C)C)cc2)C(=O)C(C)(C)C)[C@H]1Cl. The number of nitrogens with zero attached hydrogens (tertiary/aromatic N) is 2. The third-order valence-corrected chi connectivity index (χ3v) is 8.16. The number of hydrogen-bond acceptors (Lipinski definition) is 10. The highest BCUT2D eigenvalue weighted by molar-refractivity contribution is 8.15. The van der Waals surface area contributed by atoms with Crippen LogP contribution in [0.4, 0.5) is 5.69 Å². The number of nitro groups is 1. The molecule has 236 valence electrons. The molecule has 0 radical (unpaired) electrons. The van der Waals surface area contributed by atoms with E-state index in [0.717, 1.165) is 4.90 Å². The minimum Gasteiger partial charge on any atom is -0.477 e. The van der Waals surface area contributed by atoms with Gasteiger partial charge in [0.15, 0.2) is 5.76 Å². The summed E-state index contributed by atoms with van der Waals surface area (Å²) in [6, 6.07) is 11.8. The molecule has 3 rings (SSSR count). The number of aliphatic hydroxyl groups excluding tert-OH is 1. The Kier molecular flexibility index (Phi) is 11.0. The number of thiocarbonyl (C=S) groups is 1. The Balaban J connectivity index is 2.06. The summed E-state index contributed by atoms with van der Waals surface area (Å²) in [7, 11) is 0. The molecule has 0 saturated carbocycles. The highest BCUT2D eigenvalue weighted by Gasteiger charge is 2.53. The fourth-order valence-electron chi connectivity index (χ4n) is 4.04. The van der Waals surface area contributed by atoms with Crippen LogP contribution in [0.25, 0.3) is 0 Å². The molecule has 0 spiro atoms. The fourth-order valence-corrected chi connectivity index (χ4v) is 5.61. The van der Waals surface area contributed by atoms with E-state index in [1.54, 1.807) is 32.9 Å². The van der Waals surface area contributed by atoms with Crippen molar-refractivity contribution in [2.75, 3.05) is 0 Å². The molecule has 1 fully saturated rings. The van der Waals surface area contributed by atoms with Crippen LogP contribution in [0.5, 0.6) is 5.75 Å². The van der Waals surface area contributed by atoms with Gasteiger partial charge in [-0.1, -0.05) is 64.9 Å². The van der Waals surface area contributed by atoms with E-state index in [0.29, 0.717) is 11.1 Å². The number of benzene rings is 2. The second-order valence-electron chi connectivity index (χ2n) is 12.2. The number of nitro benzene ring substituents is 1. The van der Waals surface area contributed by atoms with E-state index in [1.807, 2.05) is 20.8 Å². The van der Waals surface area contributed by atoms with Crippen molar-refractivity contribution in [3.8, 4) is 5.75 Å². The molecule has 1 aliphatic heterocycles. The normalized spacial score (nSPS) is 18.1. The lowest BCUT2D eigenvalue weighted by Crippen LogP contribution is -2.62. The molecule has 13 heteroatoms. The van der Waals surface area contributed by atoms with Crippen molar-refractivity contribution in [2.45, 2.75) is 71.4 Å². The van der Waals surface area contributed by atoms with Gasteiger partial charge in [-0.3, -0.25) is 29.4 Å². The molecule has 0 aliphatic carbocycles. The van der Waals surface area contributed by atoms with Gasteiger partial charge in [0.1, 0.15) is 23.6 Å². The number of aliphatic hydroxyl groups is 1. The van der Waals surface area contributed by atoms with Crippen LogP contribution in [0.1, 0.15) is 64.4 Å². The Bertz CT molecular complexity index is 1480. The van der Waals surface area contributed by atoms with Crippen molar-refractivity contribution in [3.05, 3.63) is 81.2 Å². The molecule has 0 bridgehead atoms. The molecule has 1 N–H and O–H groups in total. The lowest BCUT2D eigenvalue weighted by Gasteiger charge is -2.46. The molecular weight excluding hydrogens is 628 g/mol. The summed E-state index contributed by atoms with van der Waals surface area (Å²) in [6.45, 7) is 12.1. The summed E-state index contributed by atoms with van der Waals surface area (Å²) >= 11 is 13.3. The molecular formula is C31H35ClN2O8S2. The number of alkyl halides is 1. The van der Waals surface area contributed by atoms with Crippen molar-refractivity contribution in [3.63, 3.8) is 0 Å². The van der Waals surface area contributed by atoms with Crippen molar-refractivity contribution in [1.82, 2.24) is 4.90 Å². The molecule has 10 nitrogen and oxygen atoms in total. The molecule has 1 aliphatic rings. The first kappa shape index (κ1) is 35.2. The van der Waals surface area contributed by atoms with Gasteiger partial charge >= 0.3 is 0 Å². The zero-order valence-corrected chi connectivity index (χ0v) is 27.8. The van der Waals surface area contributed by atoms with Crippen molar-refractivity contribution < 1.29 is 33.9 Å². The summed E-state index contributed by atoms with van der Waals surface area (Å²) in [5.41, 5.74) is -1.40. The second kappa shape index (κ2) is 13.8. The van der Waals surface area contributed by atoms with Crippen LogP contribution in [0, 0.1) is 21.4 Å². The number of carbonyl (C=O) groups excluding carboxylic acids is 3. The van der Waals surface area contributed by atoms with Gasteiger partial charge in [0.2, 0.25) is 21.9 Å². The third-order valence-electron chi connectivity index (χ3n) is 6.35. The maximum Gasteiger partial charge on any atom is 0.269 e. The van der Waals surface area contributed by atoms with Gasteiger partial charge in [0.25, 0.3) is 5.69 Å². The summed E-state index contributed by atoms with van der Waals surface area (Å²) in [6.07, 6.45) is -1.07. The third kappa shape index (κ3) is 8.44. The number of Topliss-reactive ketones (excluding diaryl/α,β-unsaturated/α-hetero) is 1. The van der Waals surface area contributed by atoms with Crippen molar-refractivity contribution in [2.24, 2.45) is 11.3 Å². The first-order valence-electron chi connectivity index (χ1n) is 13.7. The highest BCUT2D eigenvalue weighted by Crippen LogP contribution is 2.39. The van der Waals surface area contributed by atoms with Crippen LogP contribution in [0.2, 0.25) is 0 Å². The van der Waals surface area contributed by atoms with Crippen molar-refractivity contribution in [1.29, 1.82) is 0 Å². The number of carbonyl (C=O) groups is 3. The van der Waals surface area contributed by atoms with Crippen LogP contribution in [-0.4, -0.2) is 53.1 Å². The summed E-state index contributed by atoms with van der Waals surface area (Å²) < 4.78 is 11.7. The zero-order valence-electron chi connectivity index (χ0n) is 25.5. The summed E-state index contributed by atoms with van der Waals surface area (Å²) in [4.78, 5) is 51.3. The largest absolute Gasteiger partial charge is 0.477 e. The molecule has 0 aromatic heterocycles. The van der Waals surface area contributed by atoms with Crippen LogP contribution in [0.15, 0.2) is 60.0 Å². The molecule has 0 unspecified atom stereocenters. The summed E-state index contributed by atoms with van der Waals surface area (Å²) in [5, 5.41) is 20.7.